The average molecular weight is 738 g/mol. The van der Waals surface area contributed by atoms with Gasteiger partial charge in [-0.2, -0.15) is 18.2 Å². The lowest BCUT2D eigenvalue weighted by molar-refractivity contribution is -0.137. The molecule has 17 heteroatoms. The molecule has 13 nitrogen and oxygen atoms in total. The molecular formula is C35H38F3N9O4S. The minimum Gasteiger partial charge on any atom is -0.369 e. The molecule has 2 aromatic carbocycles. The first-order valence-electron chi connectivity index (χ1n) is 16.6. The molecule has 4 aromatic rings. The minimum atomic E-state index is -4.75. The summed E-state index contributed by atoms with van der Waals surface area (Å²) in [5.41, 5.74) is 2.86. The molecule has 0 spiro atoms. The zero-order chi connectivity index (χ0) is 37.0. The molecule has 6 rings (SSSR count). The molecule has 0 saturated carbocycles. The molecule has 2 aliphatic heterocycles. The number of piperazine rings is 1. The van der Waals surface area contributed by atoms with Gasteiger partial charge in [-0.3, -0.25) is 24.1 Å². The van der Waals surface area contributed by atoms with Crippen LogP contribution < -0.4 is 25.2 Å². The average Bonchev–Trinajstić information content (AvgIpc) is 3.11. The van der Waals surface area contributed by atoms with Gasteiger partial charge < -0.3 is 15.5 Å². The van der Waals surface area contributed by atoms with Crippen LogP contribution in [0, 0.1) is 0 Å². The van der Waals surface area contributed by atoms with Crippen molar-refractivity contribution in [3.05, 3.63) is 95.3 Å². The number of halogens is 3. The fourth-order valence-corrected chi connectivity index (χ4v) is 6.75. The number of imide groups is 1. The molecule has 2 fully saturated rings. The molecule has 0 bridgehead atoms. The van der Waals surface area contributed by atoms with Crippen LogP contribution in [0.4, 0.5) is 42.1 Å². The number of alkyl halides is 3. The van der Waals surface area contributed by atoms with E-state index in [4.69, 9.17) is 0 Å². The molecular weight excluding hydrogens is 700 g/mol. The van der Waals surface area contributed by atoms with E-state index >= 15 is 0 Å². The molecule has 0 radical (unpaired) electrons. The summed E-state index contributed by atoms with van der Waals surface area (Å²) in [6, 6.07) is 18.4. The number of hydrogen-bond donors (Lipinski definition) is 3. The quantitative estimate of drug-likeness (QED) is 0.187. The molecule has 1 unspecified atom stereocenters. The fourth-order valence-electron chi connectivity index (χ4n) is 6.27. The van der Waals surface area contributed by atoms with E-state index in [1.165, 1.54) is 13.2 Å². The van der Waals surface area contributed by atoms with E-state index in [1.54, 1.807) is 24.3 Å². The van der Waals surface area contributed by atoms with Gasteiger partial charge in [0, 0.05) is 82.1 Å². The Morgan fingerprint density at radius 3 is 2.37 bits per heavy atom. The summed E-state index contributed by atoms with van der Waals surface area (Å²) in [6.45, 7) is 3.63. The molecule has 2 saturated heterocycles. The van der Waals surface area contributed by atoms with Crippen LogP contribution in [0.25, 0.3) is 0 Å². The number of amides is 2. The Balaban J connectivity index is 1.08. The van der Waals surface area contributed by atoms with E-state index in [1.807, 2.05) is 36.4 Å². The summed E-state index contributed by atoms with van der Waals surface area (Å²) in [4.78, 5) is 40.9. The number of anilines is 5. The summed E-state index contributed by atoms with van der Waals surface area (Å²) in [6.07, 6.45) is -0.815. The maximum absolute atomic E-state index is 13.9. The number of benzene rings is 2. The van der Waals surface area contributed by atoms with Crippen LogP contribution in [0.1, 0.15) is 41.0 Å². The van der Waals surface area contributed by atoms with Gasteiger partial charge in [-0.15, -0.1) is 0 Å². The zero-order valence-corrected chi connectivity index (χ0v) is 29.3. The Bertz CT molecular complexity index is 2040. The summed E-state index contributed by atoms with van der Waals surface area (Å²) >= 11 is 0. The molecule has 2 aliphatic rings. The van der Waals surface area contributed by atoms with Gasteiger partial charge in [0.25, 0.3) is 0 Å². The predicted octanol–water partition coefficient (Wildman–Crippen LogP) is 4.48. The number of aromatic nitrogens is 3. The van der Waals surface area contributed by atoms with E-state index in [0.29, 0.717) is 36.8 Å². The van der Waals surface area contributed by atoms with E-state index in [2.05, 4.69) is 40.7 Å². The number of piperidine rings is 1. The largest absolute Gasteiger partial charge is 0.421 e. The summed E-state index contributed by atoms with van der Waals surface area (Å²) in [5.74, 6) is -1.28. The molecule has 4 heterocycles. The van der Waals surface area contributed by atoms with Gasteiger partial charge in [-0.1, -0.05) is 30.3 Å². The van der Waals surface area contributed by atoms with Gasteiger partial charge in [0.15, 0.2) is 0 Å². The van der Waals surface area contributed by atoms with Crippen molar-refractivity contribution in [2.45, 2.75) is 38.0 Å². The Kier molecular flexibility index (Phi) is 10.6. The SMILES string of the molecule is CN(c1ncccc1CNc1nc(Nc2ccc(N3CCN(Cc4ccccc4C4CCC(=O)NC4=O)CC3)cc2)ncc1C(F)(F)F)S(C)(=O)=O. The molecule has 52 heavy (non-hydrogen) atoms. The third-order valence-corrected chi connectivity index (χ3v) is 10.3. The Labute approximate surface area is 299 Å². The monoisotopic (exact) mass is 737 g/mol. The Hall–Kier alpha value is -5.29. The number of nitrogens with zero attached hydrogens (tertiary/aromatic N) is 6. The highest BCUT2D eigenvalue weighted by molar-refractivity contribution is 7.92. The Morgan fingerprint density at radius 1 is 0.962 bits per heavy atom. The highest BCUT2D eigenvalue weighted by Crippen LogP contribution is 2.35. The number of sulfonamides is 1. The molecule has 1 atom stereocenters. The van der Waals surface area contributed by atoms with Crippen molar-refractivity contribution in [2.75, 3.05) is 59.3 Å². The smallest absolute Gasteiger partial charge is 0.369 e. The van der Waals surface area contributed by atoms with Crippen molar-refractivity contribution >= 4 is 50.8 Å². The lowest BCUT2D eigenvalue weighted by Crippen LogP contribution is -2.46. The maximum atomic E-state index is 13.9. The van der Waals surface area contributed by atoms with Crippen molar-refractivity contribution in [3.63, 3.8) is 0 Å². The number of hydrogen-bond acceptors (Lipinski definition) is 11. The number of rotatable bonds is 11. The maximum Gasteiger partial charge on any atom is 0.421 e. The van der Waals surface area contributed by atoms with E-state index in [-0.39, 0.29) is 36.0 Å². The first-order valence-corrected chi connectivity index (χ1v) is 18.4. The van der Waals surface area contributed by atoms with Gasteiger partial charge >= 0.3 is 6.18 Å². The van der Waals surface area contributed by atoms with E-state index < -0.39 is 27.6 Å². The van der Waals surface area contributed by atoms with Crippen LogP contribution in [0.5, 0.6) is 0 Å². The fraction of sp³-hybridized carbons (Fsp3) is 0.343. The standard InChI is InChI=1S/C35H38F3N9O4S/c1-45(52(2,50)51)32-23(7-5-15-39-32)20-40-31-29(35(36,37)38)21-41-34(44-31)42-25-9-11-26(12-10-25)47-18-16-46(17-19-47)22-24-6-3-4-8-27(24)28-13-14-30(48)43-33(28)49/h3-12,15,21,28H,13-14,16-20,22H2,1-2H3,(H,43,48,49)(H2,40,41,42,44). The van der Waals surface area contributed by atoms with Gasteiger partial charge in [0.05, 0.1) is 12.2 Å². The topological polar surface area (TPSA) is 153 Å². The van der Waals surface area contributed by atoms with E-state index in [9.17, 15) is 31.2 Å². The van der Waals surface area contributed by atoms with Gasteiger partial charge in [-0.25, -0.2) is 18.4 Å². The van der Waals surface area contributed by atoms with Crippen molar-refractivity contribution in [1.29, 1.82) is 0 Å². The number of carbonyl (C=O) groups excluding carboxylic acids is 2. The summed E-state index contributed by atoms with van der Waals surface area (Å²) in [5, 5.41) is 8.12. The van der Waals surface area contributed by atoms with Crippen molar-refractivity contribution in [3.8, 4) is 0 Å². The normalized spacial score (nSPS) is 17.1. The van der Waals surface area contributed by atoms with Crippen LogP contribution in [0.2, 0.25) is 0 Å². The van der Waals surface area contributed by atoms with Crippen molar-refractivity contribution < 1.29 is 31.2 Å². The molecule has 3 N–H and O–H groups in total. The summed E-state index contributed by atoms with van der Waals surface area (Å²) < 4.78 is 66.8. The third kappa shape index (κ3) is 8.59. The second-order valence-corrected chi connectivity index (χ2v) is 14.7. The number of nitrogens with one attached hydrogen (secondary N) is 3. The zero-order valence-electron chi connectivity index (χ0n) is 28.5. The van der Waals surface area contributed by atoms with Gasteiger partial charge in [0.2, 0.25) is 27.8 Å². The molecule has 2 aromatic heterocycles. The number of carbonyl (C=O) groups is 2. The van der Waals surface area contributed by atoms with Crippen LogP contribution in [-0.4, -0.2) is 79.6 Å². The van der Waals surface area contributed by atoms with E-state index in [0.717, 1.165) is 53.6 Å². The van der Waals surface area contributed by atoms with Gasteiger partial charge in [0.1, 0.15) is 17.2 Å². The lowest BCUT2D eigenvalue weighted by Gasteiger charge is -2.36. The second kappa shape index (κ2) is 15.1. The van der Waals surface area contributed by atoms with Gasteiger partial charge in [-0.05, 0) is 47.9 Å². The summed E-state index contributed by atoms with van der Waals surface area (Å²) in [7, 11) is -2.35. The second-order valence-electron chi connectivity index (χ2n) is 12.7. The highest BCUT2D eigenvalue weighted by Gasteiger charge is 2.35. The molecule has 274 valence electrons. The van der Waals surface area contributed by atoms with Crippen molar-refractivity contribution in [2.24, 2.45) is 0 Å². The third-order valence-electron chi connectivity index (χ3n) is 9.13. The van der Waals surface area contributed by atoms with Crippen LogP contribution in [0.3, 0.4) is 0 Å². The Morgan fingerprint density at radius 2 is 1.67 bits per heavy atom. The molecule has 2 amide bonds. The minimum absolute atomic E-state index is 0.0610. The van der Waals surface area contributed by atoms with Crippen LogP contribution >= 0.6 is 0 Å². The molecule has 0 aliphatic carbocycles. The van der Waals surface area contributed by atoms with Crippen LogP contribution in [0.15, 0.2) is 73.1 Å². The predicted molar refractivity (Wildman–Crippen MR) is 191 cm³/mol. The first-order chi connectivity index (χ1) is 24.8. The highest BCUT2D eigenvalue weighted by atomic mass is 32.2. The lowest BCUT2D eigenvalue weighted by atomic mass is 9.87. The van der Waals surface area contributed by atoms with Crippen molar-refractivity contribution in [1.82, 2.24) is 25.2 Å². The first kappa shape index (κ1) is 36.5. The van der Waals surface area contributed by atoms with Crippen LogP contribution in [-0.2, 0) is 38.9 Å². The number of pyridine rings is 1.